The first kappa shape index (κ1) is 22.0. The Morgan fingerprint density at radius 3 is 2.49 bits per heavy atom. The number of carbonyl (C=O) groups excluding carboxylic acids is 5. The molecule has 0 bridgehead atoms. The van der Waals surface area contributed by atoms with E-state index in [4.69, 9.17) is 9.47 Å². The molecule has 2 heterocycles. The van der Waals surface area contributed by atoms with E-state index in [1.807, 2.05) is 0 Å². The van der Waals surface area contributed by atoms with Crippen LogP contribution < -0.4 is 15.0 Å². The van der Waals surface area contributed by atoms with Gasteiger partial charge in [0.15, 0.2) is 19.0 Å². The number of fused-ring (bicyclic) bond motifs is 2. The molecule has 35 heavy (non-hydrogen) atoms. The van der Waals surface area contributed by atoms with Crippen LogP contribution in [0, 0.1) is 6.92 Å². The number of ether oxygens (including phenoxy) is 2. The summed E-state index contributed by atoms with van der Waals surface area (Å²) in [5.41, 5.74) is 2.13. The number of imide groups is 1. The predicted molar refractivity (Wildman–Crippen MR) is 124 cm³/mol. The van der Waals surface area contributed by atoms with E-state index in [-0.39, 0.29) is 34.8 Å². The largest absolute Gasteiger partial charge is 0.482 e. The fraction of sp³-hybridized carbons (Fsp3) is 0.115. The molecule has 0 aromatic heterocycles. The second-order valence-corrected chi connectivity index (χ2v) is 8.04. The molecule has 0 radical (unpaired) electrons. The third-order valence-electron chi connectivity index (χ3n) is 5.75. The van der Waals surface area contributed by atoms with Crippen molar-refractivity contribution in [1.29, 1.82) is 0 Å². The molecule has 0 spiro atoms. The van der Waals surface area contributed by atoms with Gasteiger partial charge in [0.1, 0.15) is 5.75 Å². The molecule has 9 heteroatoms. The zero-order chi connectivity index (χ0) is 24.7. The van der Waals surface area contributed by atoms with Crippen LogP contribution in [0.15, 0.2) is 60.7 Å². The number of amides is 3. The van der Waals surface area contributed by atoms with Crippen molar-refractivity contribution in [3.05, 3.63) is 88.5 Å². The van der Waals surface area contributed by atoms with Gasteiger partial charge in [0.25, 0.3) is 17.7 Å². The summed E-state index contributed by atoms with van der Waals surface area (Å²) in [6.07, 6.45) is 0. The number of para-hydroxylation sites is 1. The van der Waals surface area contributed by atoms with Crippen LogP contribution in [-0.2, 0) is 9.53 Å². The van der Waals surface area contributed by atoms with E-state index in [2.05, 4.69) is 5.32 Å². The first-order chi connectivity index (χ1) is 16.8. The molecule has 0 saturated carbocycles. The van der Waals surface area contributed by atoms with Gasteiger partial charge in [0.05, 0.1) is 28.1 Å². The van der Waals surface area contributed by atoms with Crippen LogP contribution >= 0.6 is 0 Å². The fourth-order valence-electron chi connectivity index (χ4n) is 3.96. The van der Waals surface area contributed by atoms with E-state index >= 15 is 0 Å². The Labute approximate surface area is 199 Å². The molecule has 3 amide bonds. The number of nitrogens with one attached hydrogen (secondary N) is 1. The standard InChI is InChI=1S/C26H18N2O7/c1-14-4-2-3-5-20(14)28-24(31)17-8-6-16(10-18(17)25(28)32)26(33)35-12-21(29)15-7-9-22-19(11-15)27-23(30)13-34-22/h2-11H,12-13H2,1H3,(H,27,30). The summed E-state index contributed by atoms with van der Waals surface area (Å²) in [7, 11) is 0. The smallest absolute Gasteiger partial charge is 0.338 e. The number of carbonyl (C=O) groups is 5. The molecule has 2 aliphatic rings. The third kappa shape index (κ3) is 3.93. The molecule has 1 N–H and O–H groups in total. The normalized spacial score (nSPS) is 14.1. The summed E-state index contributed by atoms with van der Waals surface area (Å²) >= 11 is 0. The average molecular weight is 470 g/mol. The SMILES string of the molecule is Cc1ccccc1N1C(=O)c2ccc(C(=O)OCC(=O)c3ccc4c(c3)NC(=O)CO4)cc2C1=O. The van der Waals surface area contributed by atoms with E-state index in [0.29, 0.717) is 17.1 Å². The van der Waals surface area contributed by atoms with Gasteiger partial charge in [-0.25, -0.2) is 9.69 Å². The molecule has 0 saturated heterocycles. The van der Waals surface area contributed by atoms with E-state index < -0.39 is 30.2 Å². The molecule has 5 rings (SSSR count). The highest BCUT2D eigenvalue weighted by atomic mass is 16.5. The zero-order valence-electron chi connectivity index (χ0n) is 18.5. The van der Waals surface area contributed by atoms with Gasteiger partial charge < -0.3 is 14.8 Å². The van der Waals surface area contributed by atoms with Gasteiger partial charge in [-0.1, -0.05) is 18.2 Å². The lowest BCUT2D eigenvalue weighted by Gasteiger charge is -2.18. The molecule has 3 aromatic rings. The number of rotatable bonds is 5. The number of hydrogen-bond acceptors (Lipinski definition) is 7. The molecule has 0 unspecified atom stereocenters. The van der Waals surface area contributed by atoms with Crippen molar-refractivity contribution in [2.45, 2.75) is 6.92 Å². The third-order valence-corrected chi connectivity index (χ3v) is 5.75. The first-order valence-corrected chi connectivity index (χ1v) is 10.7. The number of Topliss-reactive ketones (excluding diaryl/α,β-unsaturated/α-hetero) is 1. The van der Waals surface area contributed by atoms with Crippen LogP contribution in [0.4, 0.5) is 11.4 Å². The van der Waals surface area contributed by atoms with Gasteiger partial charge in [-0.3, -0.25) is 19.2 Å². The molecular formula is C26H18N2O7. The Hall–Kier alpha value is -4.79. The van der Waals surface area contributed by atoms with Crippen molar-refractivity contribution in [1.82, 2.24) is 0 Å². The van der Waals surface area contributed by atoms with Gasteiger partial charge in [-0.2, -0.15) is 0 Å². The summed E-state index contributed by atoms with van der Waals surface area (Å²) in [6.45, 7) is 1.14. The minimum Gasteiger partial charge on any atom is -0.482 e. The lowest BCUT2D eigenvalue weighted by Crippen LogP contribution is -2.29. The Morgan fingerprint density at radius 2 is 1.69 bits per heavy atom. The number of esters is 1. The summed E-state index contributed by atoms with van der Waals surface area (Å²) in [5.74, 6) is -2.21. The molecule has 9 nitrogen and oxygen atoms in total. The topological polar surface area (TPSA) is 119 Å². The van der Waals surface area contributed by atoms with Crippen molar-refractivity contribution in [2.75, 3.05) is 23.4 Å². The second-order valence-electron chi connectivity index (χ2n) is 8.04. The van der Waals surface area contributed by atoms with Gasteiger partial charge in [0, 0.05) is 5.56 Å². The predicted octanol–water partition coefficient (Wildman–Crippen LogP) is 3.17. The van der Waals surface area contributed by atoms with Gasteiger partial charge in [-0.15, -0.1) is 0 Å². The highest BCUT2D eigenvalue weighted by molar-refractivity contribution is 6.35. The van der Waals surface area contributed by atoms with Crippen LogP contribution in [0.1, 0.15) is 47.0 Å². The van der Waals surface area contributed by atoms with Crippen molar-refractivity contribution >= 4 is 40.8 Å². The molecule has 3 aromatic carbocycles. The quantitative estimate of drug-likeness (QED) is 0.346. The molecule has 0 atom stereocenters. The van der Waals surface area contributed by atoms with Crippen molar-refractivity contribution in [2.24, 2.45) is 0 Å². The molecule has 2 aliphatic heterocycles. The Bertz CT molecular complexity index is 1440. The van der Waals surface area contributed by atoms with Crippen LogP contribution in [-0.4, -0.2) is 42.7 Å². The lowest BCUT2D eigenvalue weighted by molar-refractivity contribution is -0.118. The van der Waals surface area contributed by atoms with E-state index in [0.717, 1.165) is 10.5 Å². The molecule has 0 aliphatic carbocycles. The number of nitrogens with zero attached hydrogens (tertiary/aromatic N) is 1. The van der Waals surface area contributed by atoms with Gasteiger partial charge >= 0.3 is 5.97 Å². The highest BCUT2D eigenvalue weighted by Gasteiger charge is 2.37. The number of anilines is 2. The number of aryl methyl sites for hydroxylation is 1. The number of benzene rings is 3. The van der Waals surface area contributed by atoms with Crippen LogP contribution in [0.25, 0.3) is 0 Å². The first-order valence-electron chi connectivity index (χ1n) is 10.7. The fourth-order valence-corrected chi connectivity index (χ4v) is 3.96. The van der Waals surface area contributed by atoms with Crippen LogP contribution in [0.5, 0.6) is 5.75 Å². The second kappa shape index (κ2) is 8.53. The Kier molecular flexibility index (Phi) is 5.37. The summed E-state index contributed by atoms with van der Waals surface area (Å²) in [6, 6.07) is 15.6. The van der Waals surface area contributed by atoms with Crippen LogP contribution in [0.3, 0.4) is 0 Å². The minimum atomic E-state index is -0.815. The van der Waals surface area contributed by atoms with E-state index in [1.165, 1.54) is 30.3 Å². The summed E-state index contributed by atoms with van der Waals surface area (Å²) in [5, 5.41) is 2.61. The molecule has 174 valence electrons. The minimum absolute atomic E-state index is 0.0374. The maximum Gasteiger partial charge on any atom is 0.338 e. The lowest BCUT2D eigenvalue weighted by atomic mass is 10.1. The van der Waals surface area contributed by atoms with Crippen molar-refractivity contribution < 1.29 is 33.4 Å². The van der Waals surface area contributed by atoms with Gasteiger partial charge in [-0.05, 0) is 55.0 Å². The average Bonchev–Trinajstić information content (AvgIpc) is 3.11. The van der Waals surface area contributed by atoms with Crippen molar-refractivity contribution in [3.8, 4) is 5.75 Å². The van der Waals surface area contributed by atoms with Crippen LogP contribution in [0.2, 0.25) is 0 Å². The molecule has 0 fully saturated rings. The Balaban J connectivity index is 1.30. The molecular weight excluding hydrogens is 452 g/mol. The number of hydrogen-bond donors (Lipinski definition) is 1. The highest BCUT2D eigenvalue weighted by Crippen LogP contribution is 2.31. The zero-order valence-corrected chi connectivity index (χ0v) is 18.5. The van der Waals surface area contributed by atoms with Gasteiger partial charge in [0.2, 0.25) is 0 Å². The van der Waals surface area contributed by atoms with Crippen molar-refractivity contribution in [3.63, 3.8) is 0 Å². The summed E-state index contributed by atoms with van der Waals surface area (Å²) in [4.78, 5) is 63.5. The van der Waals surface area contributed by atoms with E-state index in [1.54, 1.807) is 37.3 Å². The maximum atomic E-state index is 13.0. The monoisotopic (exact) mass is 470 g/mol. The Morgan fingerprint density at radius 1 is 0.943 bits per heavy atom. The number of ketones is 1. The van der Waals surface area contributed by atoms with E-state index in [9.17, 15) is 24.0 Å². The summed E-state index contributed by atoms with van der Waals surface area (Å²) < 4.78 is 10.4. The maximum absolute atomic E-state index is 13.0.